The van der Waals surface area contributed by atoms with Gasteiger partial charge in [0, 0.05) is 31.4 Å². The predicted octanol–water partition coefficient (Wildman–Crippen LogP) is 2.43. The Morgan fingerprint density at radius 2 is 1.84 bits per heavy atom. The van der Waals surface area contributed by atoms with Crippen LogP contribution in [0.15, 0.2) is 35.5 Å². The van der Waals surface area contributed by atoms with Crippen molar-refractivity contribution in [1.82, 2.24) is 20.4 Å². The number of nitrogens with one attached hydrogen (secondary N) is 2. The molecular weight excluding hydrogens is 408 g/mol. The average Bonchev–Trinajstić information content (AvgIpc) is 2.84. The van der Waals surface area contributed by atoms with Gasteiger partial charge >= 0.3 is 12.0 Å². The summed E-state index contributed by atoms with van der Waals surface area (Å²) in [5.41, 5.74) is 1.84. The molecule has 1 atom stereocenters. The lowest BCUT2D eigenvalue weighted by molar-refractivity contribution is -0.136. The highest BCUT2D eigenvalue weighted by Gasteiger charge is 2.35. The highest BCUT2D eigenvalue weighted by Crippen LogP contribution is 2.30. The maximum atomic E-state index is 12.8. The molecule has 1 unspecified atom stereocenters. The van der Waals surface area contributed by atoms with Gasteiger partial charge in [0.1, 0.15) is 5.75 Å². The van der Waals surface area contributed by atoms with Gasteiger partial charge in [-0.25, -0.2) is 9.59 Å². The van der Waals surface area contributed by atoms with Crippen molar-refractivity contribution < 1.29 is 19.1 Å². The van der Waals surface area contributed by atoms with Gasteiger partial charge in [-0.05, 0) is 56.5 Å². The second-order valence-electron chi connectivity index (χ2n) is 8.80. The maximum Gasteiger partial charge on any atom is 0.338 e. The first-order valence-corrected chi connectivity index (χ1v) is 11.6. The molecular formula is C24H34N4O4. The first-order chi connectivity index (χ1) is 15.6. The third-order valence-electron chi connectivity index (χ3n) is 6.83. The van der Waals surface area contributed by atoms with E-state index in [1.54, 1.807) is 7.11 Å². The summed E-state index contributed by atoms with van der Waals surface area (Å²) in [6.45, 7) is 4.85. The van der Waals surface area contributed by atoms with Crippen molar-refractivity contribution >= 4 is 12.0 Å². The lowest BCUT2D eigenvalue weighted by Gasteiger charge is -2.41. The van der Waals surface area contributed by atoms with Crippen LogP contribution in [-0.4, -0.2) is 74.8 Å². The molecule has 174 valence electrons. The molecule has 0 saturated carbocycles. The highest BCUT2D eigenvalue weighted by molar-refractivity contribution is 5.95. The van der Waals surface area contributed by atoms with Gasteiger partial charge < -0.3 is 25.0 Å². The first-order valence-electron chi connectivity index (χ1n) is 11.6. The number of rotatable bonds is 6. The van der Waals surface area contributed by atoms with E-state index in [9.17, 15) is 9.59 Å². The summed E-state index contributed by atoms with van der Waals surface area (Å²) in [6, 6.07) is 7.14. The molecule has 8 heteroatoms. The quantitative estimate of drug-likeness (QED) is 0.659. The van der Waals surface area contributed by atoms with E-state index in [4.69, 9.17) is 9.47 Å². The second kappa shape index (κ2) is 10.4. The van der Waals surface area contributed by atoms with Crippen molar-refractivity contribution in [2.24, 2.45) is 0 Å². The summed E-state index contributed by atoms with van der Waals surface area (Å²) in [6.07, 6.45) is 6.20. The molecule has 4 rings (SSSR count). The number of carbonyl (C=O) groups is 2. The molecule has 0 bridgehead atoms. The van der Waals surface area contributed by atoms with Crippen LogP contribution < -0.4 is 15.4 Å². The SMILES string of the molecule is COC(=O)C1=C(CN2CCC(N3CCCCC3)CC2)NC(=O)NC1c1cccc(OC)c1. The van der Waals surface area contributed by atoms with Gasteiger partial charge in [-0.2, -0.15) is 0 Å². The highest BCUT2D eigenvalue weighted by atomic mass is 16.5. The molecule has 3 aliphatic heterocycles. The van der Waals surface area contributed by atoms with Gasteiger partial charge in [0.15, 0.2) is 0 Å². The van der Waals surface area contributed by atoms with Crippen LogP contribution in [0.1, 0.15) is 43.7 Å². The Hall–Kier alpha value is -2.58. The van der Waals surface area contributed by atoms with Crippen molar-refractivity contribution in [2.75, 3.05) is 46.9 Å². The fourth-order valence-electron chi connectivity index (χ4n) is 5.11. The number of hydrogen-bond acceptors (Lipinski definition) is 6. The fraction of sp³-hybridized carbons (Fsp3) is 0.583. The van der Waals surface area contributed by atoms with Crippen LogP contribution in [0, 0.1) is 0 Å². The lowest BCUT2D eigenvalue weighted by atomic mass is 9.94. The summed E-state index contributed by atoms with van der Waals surface area (Å²) >= 11 is 0. The van der Waals surface area contributed by atoms with Gasteiger partial charge in [0.05, 0.1) is 25.8 Å². The molecule has 3 aliphatic rings. The standard InChI is InChI=1S/C24H34N4O4/c1-31-19-8-6-7-17(15-19)22-21(23(29)32-2)20(25-24(30)26-22)16-27-13-9-18(10-14-27)28-11-4-3-5-12-28/h6-8,15,18,22H,3-5,9-14,16H2,1-2H3,(H2,25,26,30). The van der Waals surface area contributed by atoms with Gasteiger partial charge in [0.25, 0.3) is 0 Å². The number of esters is 1. The van der Waals surface area contributed by atoms with Crippen LogP contribution in [0.2, 0.25) is 0 Å². The van der Waals surface area contributed by atoms with Gasteiger partial charge in [-0.3, -0.25) is 4.90 Å². The number of methoxy groups -OCH3 is 2. The van der Waals surface area contributed by atoms with Gasteiger partial charge in [-0.1, -0.05) is 18.6 Å². The van der Waals surface area contributed by atoms with Crippen molar-refractivity contribution in [3.05, 3.63) is 41.1 Å². The van der Waals surface area contributed by atoms with E-state index in [0.29, 0.717) is 29.6 Å². The molecule has 3 heterocycles. The van der Waals surface area contributed by atoms with Crippen molar-refractivity contribution in [1.29, 1.82) is 0 Å². The number of nitrogens with zero attached hydrogens (tertiary/aromatic N) is 2. The molecule has 2 amide bonds. The lowest BCUT2D eigenvalue weighted by Crippen LogP contribution is -2.51. The van der Waals surface area contributed by atoms with Gasteiger partial charge in [-0.15, -0.1) is 0 Å². The monoisotopic (exact) mass is 442 g/mol. The largest absolute Gasteiger partial charge is 0.497 e. The van der Waals surface area contributed by atoms with E-state index in [1.165, 1.54) is 39.5 Å². The van der Waals surface area contributed by atoms with Crippen LogP contribution in [0.3, 0.4) is 0 Å². The Morgan fingerprint density at radius 1 is 1.09 bits per heavy atom. The third kappa shape index (κ3) is 5.07. The number of urea groups is 1. The Kier molecular flexibility index (Phi) is 7.32. The average molecular weight is 443 g/mol. The molecule has 1 aromatic rings. The Labute approximate surface area is 189 Å². The summed E-state index contributed by atoms with van der Waals surface area (Å²) < 4.78 is 10.4. The van der Waals surface area contributed by atoms with Crippen molar-refractivity contribution in [3.63, 3.8) is 0 Å². The molecule has 32 heavy (non-hydrogen) atoms. The summed E-state index contributed by atoms with van der Waals surface area (Å²) in [4.78, 5) is 30.3. The summed E-state index contributed by atoms with van der Waals surface area (Å²) in [7, 11) is 2.96. The molecule has 2 N–H and O–H groups in total. The number of hydrogen-bond donors (Lipinski definition) is 2. The number of likely N-dealkylation sites (tertiary alicyclic amines) is 2. The minimum Gasteiger partial charge on any atom is -0.497 e. The zero-order chi connectivity index (χ0) is 22.5. The molecule has 0 spiro atoms. The van der Waals surface area contributed by atoms with Crippen LogP contribution in [0.25, 0.3) is 0 Å². The molecule has 0 radical (unpaired) electrons. The Balaban J connectivity index is 1.52. The minimum absolute atomic E-state index is 0.316. The molecule has 0 aromatic heterocycles. The van der Waals surface area contributed by atoms with E-state index >= 15 is 0 Å². The minimum atomic E-state index is -0.591. The molecule has 0 aliphatic carbocycles. The van der Waals surface area contributed by atoms with E-state index in [2.05, 4.69) is 20.4 Å². The molecule has 2 fully saturated rings. The number of benzene rings is 1. The number of amides is 2. The van der Waals surface area contributed by atoms with Gasteiger partial charge in [0.2, 0.25) is 0 Å². The zero-order valence-electron chi connectivity index (χ0n) is 19.1. The van der Waals surface area contributed by atoms with Crippen LogP contribution in [0.4, 0.5) is 4.79 Å². The number of piperidine rings is 2. The summed E-state index contributed by atoms with van der Waals surface area (Å²) in [5.74, 6) is 0.226. The zero-order valence-corrected chi connectivity index (χ0v) is 19.1. The normalized spacial score (nSPS) is 23.4. The van der Waals surface area contributed by atoms with Crippen LogP contribution in [-0.2, 0) is 9.53 Å². The van der Waals surface area contributed by atoms with Crippen LogP contribution in [0.5, 0.6) is 5.75 Å². The Bertz CT molecular complexity index is 857. The number of ether oxygens (including phenoxy) is 2. The summed E-state index contributed by atoms with van der Waals surface area (Å²) in [5, 5.41) is 5.75. The van der Waals surface area contributed by atoms with Crippen molar-refractivity contribution in [3.8, 4) is 5.75 Å². The fourth-order valence-corrected chi connectivity index (χ4v) is 5.11. The van der Waals surface area contributed by atoms with Crippen LogP contribution >= 0.6 is 0 Å². The smallest absolute Gasteiger partial charge is 0.338 e. The second-order valence-corrected chi connectivity index (χ2v) is 8.80. The van der Waals surface area contributed by atoms with E-state index in [1.807, 2.05) is 24.3 Å². The maximum absolute atomic E-state index is 12.8. The first kappa shape index (κ1) is 22.6. The van der Waals surface area contributed by atoms with E-state index in [0.717, 1.165) is 31.5 Å². The molecule has 2 saturated heterocycles. The molecule has 8 nitrogen and oxygen atoms in total. The number of carbonyl (C=O) groups excluding carboxylic acids is 2. The van der Waals surface area contributed by atoms with Crippen molar-refractivity contribution in [2.45, 2.75) is 44.2 Å². The van der Waals surface area contributed by atoms with E-state index < -0.39 is 12.0 Å². The third-order valence-corrected chi connectivity index (χ3v) is 6.83. The predicted molar refractivity (Wildman–Crippen MR) is 121 cm³/mol. The topological polar surface area (TPSA) is 83.1 Å². The molecule has 1 aromatic carbocycles. The Morgan fingerprint density at radius 3 is 2.53 bits per heavy atom. The van der Waals surface area contributed by atoms with E-state index in [-0.39, 0.29) is 6.03 Å².